The van der Waals surface area contributed by atoms with Crippen LogP contribution in [0.2, 0.25) is 0 Å². The number of hydrogen-bond acceptors (Lipinski definition) is 3. The van der Waals surface area contributed by atoms with Gasteiger partial charge in [0, 0.05) is 49.3 Å². The smallest absolute Gasteiger partial charge is 0.128 e. The van der Waals surface area contributed by atoms with Gasteiger partial charge in [-0.15, -0.1) is 0 Å². The molecule has 0 saturated carbocycles. The lowest BCUT2D eigenvalue weighted by atomic mass is 10.1. The Morgan fingerprint density at radius 3 is 2.57 bits per heavy atom. The summed E-state index contributed by atoms with van der Waals surface area (Å²) in [4.78, 5) is 5.01. The van der Waals surface area contributed by atoms with E-state index in [2.05, 4.69) is 59.5 Å². The van der Waals surface area contributed by atoms with E-state index in [9.17, 15) is 0 Å². The van der Waals surface area contributed by atoms with Crippen LogP contribution in [0.3, 0.4) is 0 Å². The summed E-state index contributed by atoms with van der Waals surface area (Å²) in [5, 5.41) is 1.29. The van der Waals surface area contributed by atoms with Crippen LogP contribution >= 0.6 is 0 Å². The van der Waals surface area contributed by atoms with Crippen molar-refractivity contribution in [2.45, 2.75) is 26.8 Å². The molecule has 2 aromatic carbocycles. The normalized spacial score (nSPS) is 16.0. The Morgan fingerprint density at radius 1 is 1.00 bits per heavy atom. The van der Waals surface area contributed by atoms with Gasteiger partial charge in [0.1, 0.15) is 11.5 Å². The van der Waals surface area contributed by atoms with Crippen LogP contribution in [0.25, 0.3) is 10.9 Å². The van der Waals surface area contributed by atoms with E-state index in [4.69, 9.17) is 4.74 Å². The zero-order chi connectivity index (χ0) is 19.5. The molecular weight excluding hydrogens is 346 g/mol. The van der Waals surface area contributed by atoms with Crippen molar-refractivity contribution >= 4 is 10.9 Å². The maximum absolute atomic E-state index is 6.01. The molecule has 0 amide bonds. The van der Waals surface area contributed by atoms with E-state index in [0.717, 1.165) is 18.0 Å². The largest absolute Gasteiger partial charge is 0.457 e. The maximum Gasteiger partial charge on any atom is 0.128 e. The summed E-state index contributed by atoms with van der Waals surface area (Å²) in [6.07, 6.45) is 1.19. The number of aromatic nitrogens is 1. The average molecular weight is 377 g/mol. The zero-order valence-electron chi connectivity index (χ0n) is 17.2. The van der Waals surface area contributed by atoms with E-state index in [1.54, 1.807) is 0 Å². The van der Waals surface area contributed by atoms with Crippen molar-refractivity contribution in [2.24, 2.45) is 0 Å². The fourth-order valence-corrected chi connectivity index (χ4v) is 4.08. The van der Waals surface area contributed by atoms with E-state index in [1.165, 1.54) is 61.3 Å². The van der Waals surface area contributed by atoms with Crippen LogP contribution in [0, 0.1) is 19.9 Å². The van der Waals surface area contributed by atoms with Gasteiger partial charge >= 0.3 is 0 Å². The molecule has 0 N–H and O–H groups in total. The minimum Gasteiger partial charge on any atom is -0.457 e. The van der Waals surface area contributed by atoms with Gasteiger partial charge in [0.05, 0.1) is 0 Å². The third kappa shape index (κ3) is 4.08. The monoisotopic (exact) mass is 376 g/mol. The lowest BCUT2D eigenvalue weighted by molar-refractivity contribution is 0.151. The second kappa shape index (κ2) is 8.38. The van der Waals surface area contributed by atoms with Crippen molar-refractivity contribution in [3.63, 3.8) is 0 Å². The Hall–Kier alpha value is -2.30. The fourth-order valence-electron chi connectivity index (χ4n) is 4.08. The van der Waals surface area contributed by atoms with Gasteiger partial charge in [0.2, 0.25) is 0 Å². The highest BCUT2D eigenvalue weighted by molar-refractivity contribution is 5.86. The summed E-state index contributed by atoms with van der Waals surface area (Å²) in [6.45, 7) is 11.5. The second-order valence-corrected chi connectivity index (χ2v) is 7.88. The molecular formula is C24H30N3O. The van der Waals surface area contributed by atoms with Crippen LogP contribution in [0.15, 0.2) is 42.5 Å². The number of likely N-dealkylation sites (N-methyl/N-ethyl adjacent to an activating group) is 1. The molecule has 1 aliphatic heterocycles. The summed E-state index contributed by atoms with van der Waals surface area (Å²) < 4.78 is 8.48. The molecule has 1 fully saturated rings. The minimum absolute atomic E-state index is 0.822. The first-order valence-electron chi connectivity index (χ1n) is 10.3. The van der Waals surface area contributed by atoms with E-state index in [0.29, 0.717) is 0 Å². The van der Waals surface area contributed by atoms with Crippen LogP contribution in [0.5, 0.6) is 11.5 Å². The number of benzene rings is 2. The third-order valence-corrected chi connectivity index (χ3v) is 5.98. The summed E-state index contributed by atoms with van der Waals surface area (Å²) in [5.41, 5.74) is 4.01. The van der Waals surface area contributed by atoms with Crippen molar-refractivity contribution < 1.29 is 4.74 Å². The molecule has 2 heterocycles. The van der Waals surface area contributed by atoms with E-state index >= 15 is 0 Å². The first kappa shape index (κ1) is 19.0. The molecule has 1 aliphatic rings. The predicted molar refractivity (Wildman–Crippen MR) is 115 cm³/mol. The van der Waals surface area contributed by atoms with E-state index in [1.807, 2.05) is 24.3 Å². The highest BCUT2D eigenvalue weighted by atomic mass is 16.5. The Kier molecular flexibility index (Phi) is 5.69. The summed E-state index contributed by atoms with van der Waals surface area (Å²) >= 11 is 0. The highest BCUT2D eigenvalue weighted by Crippen LogP contribution is 2.31. The molecule has 0 atom stereocenters. The van der Waals surface area contributed by atoms with Crippen molar-refractivity contribution in [1.29, 1.82) is 0 Å². The Morgan fingerprint density at radius 2 is 1.82 bits per heavy atom. The number of fused-ring (bicyclic) bond motifs is 1. The molecule has 0 aliphatic carbocycles. The molecule has 1 aromatic heterocycles. The Bertz CT molecular complexity index is 924. The van der Waals surface area contributed by atoms with Crippen molar-refractivity contribution in [1.82, 2.24) is 14.4 Å². The molecule has 4 rings (SSSR count). The molecule has 147 valence electrons. The number of rotatable bonds is 6. The SMILES string of the molecule is Cc1c(C)n(CCCN2CCN(C)CC2)c2ccc(Oc3c[c]ccc3)cc12. The quantitative estimate of drug-likeness (QED) is 0.632. The van der Waals surface area contributed by atoms with Gasteiger partial charge in [0.25, 0.3) is 0 Å². The first-order valence-corrected chi connectivity index (χ1v) is 10.3. The number of piperazine rings is 1. The van der Waals surface area contributed by atoms with Gasteiger partial charge in [-0.05, 0) is 75.8 Å². The van der Waals surface area contributed by atoms with Crippen molar-refractivity contribution in [3.8, 4) is 11.5 Å². The summed E-state index contributed by atoms with van der Waals surface area (Å²) in [6, 6.07) is 17.2. The molecule has 0 spiro atoms. The van der Waals surface area contributed by atoms with Crippen molar-refractivity contribution in [2.75, 3.05) is 39.8 Å². The Balaban J connectivity index is 1.47. The second-order valence-electron chi connectivity index (χ2n) is 7.88. The summed E-state index contributed by atoms with van der Waals surface area (Å²) in [7, 11) is 2.21. The van der Waals surface area contributed by atoms with Gasteiger partial charge < -0.3 is 19.1 Å². The van der Waals surface area contributed by atoms with Crippen LogP contribution in [0.1, 0.15) is 17.7 Å². The molecule has 1 saturated heterocycles. The van der Waals surface area contributed by atoms with E-state index < -0.39 is 0 Å². The first-order chi connectivity index (χ1) is 13.6. The number of nitrogens with zero attached hydrogens (tertiary/aromatic N) is 3. The molecule has 4 nitrogen and oxygen atoms in total. The van der Waals surface area contributed by atoms with Crippen LogP contribution < -0.4 is 4.74 Å². The maximum atomic E-state index is 6.01. The van der Waals surface area contributed by atoms with Crippen LogP contribution in [0.4, 0.5) is 0 Å². The molecule has 0 bridgehead atoms. The Labute approximate surface area is 168 Å². The molecule has 3 aromatic rings. The highest BCUT2D eigenvalue weighted by Gasteiger charge is 2.15. The molecule has 4 heteroatoms. The standard InChI is InChI=1S/C24H30N3O/c1-19-20(2)27(13-7-12-26-16-14-25(3)15-17-26)24-11-10-22(18-23(19)24)28-21-8-5-4-6-9-21/h4-5,8-11,18H,7,12-17H2,1-3H3. The van der Waals surface area contributed by atoms with Gasteiger partial charge in [0.15, 0.2) is 0 Å². The van der Waals surface area contributed by atoms with Gasteiger partial charge in [-0.2, -0.15) is 0 Å². The predicted octanol–water partition coefficient (Wildman–Crippen LogP) is 4.49. The molecule has 0 unspecified atom stereocenters. The van der Waals surface area contributed by atoms with Gasteiger partial charge in [-0.3, -0.25) is 0 Å². The molecule has 28 heavy (non-hydrogen) atoms. The average Bonchev–Trinajstić information content (AvgIpc) is 2.95. The zero-order valence-corrected chi connectivity index (χ0v) is 17.2. The number of ether oxygens (including phenoxy) is 1. The van der Waals surface area contributed by atoms with Crippen LogP contribution in [-0.4, -0.2) is 54.1 Å². The van der Waals surface area contributed by atoms with Crippen molar-refractivity contribution in [3.05, 3.63) is 59.8 Å². The van der Waals surface area contributed by atoms with E-state index in [-0.39, 0.29) is 0 Å². The summed E-state index contributed by atoms with van der Waals surface area (Å²) in [5.74, 6) is 1.70. The molecule has 1 radical (unpaired) electrons. The third-order valence-electron chi connectivity index (χ3n) is 5.98. The van der Waals surface area contributed by atoms with Gasteiger partial charge in [-0.25, -0.2) is 0 Å². The fraction of sp³-hybridized carbons (Fsp3) is 0.417. The topological polar surface area (TPSA) is 20.6 Å². The minimum atomic E-state index is 0.822. The number of aryl methyl sites for hydroxylation is 2. The lowest BCUT2D eigenvalue weighted by Gasteiger charge is -2.32. The van der Waals surface area contributed by atoms with Gasteiger partial charge in [-0.1, -0.05) is 12.1 Å². The number of hydrogen-bond donors (Lipinski definition) is 0. The van der Waals surface area contributed by atoms with Crippen LogP contribution in [-0.2, 0) is 6.54 Å². The lowest BCUT2D eigenvalue weighted by Crippen LogP contribution is -2.44.